The third-order valence-electron chi connectivity index (χ3n) is 7.27. The Labute approximate surface area is 210 Å². The van der Waals surface area contributed by atoms with Crippen molar-refractivity contribution in [3.8, 4) is 11.3 Å². The van der Waals surface area contributed by atoms with Gasteiger partial charge in [0.15, 0.2) is 5.65 Å². The van der Waals surface area contributed by atoms with Gasteiger partial charge in [0, 0.05) is 50.6 Å². The molecule has 0 saturated carbocycles. The van der Waals surface area contributed by atoms with Crippen molar-refractivity contribution < 1.29 is 14.3 Å². The van der Waals surface area contributed by atoms with Gasteiger partial charge in [-0.15, -0.1) is 0 Å². The summed E-state index contributed by atoms with van der Waals surface area (Å²) in [6.07, 6.45) is 4.82. The first kappa shape index (κ1) is 23.1. The minimum atomic E-state index is -0.125. The van der Waals surface area contributed by atoms with E-state index in [1.54, 1.807) is 7.05 Å². The highest BCUT2D eigenvalue weighted by Gasteiger charge is 2.35. The molecule has 1 amide bonds. The first-order chi connectivity index (χ1) is 17.5. The van der Waals surface area contributed by atoms with Gasteiger partial charge in [-0.05, 0) is 44.9 Å². The van der Waals surface area contributed by atoms with Crippen LogP contribution in [-0.4, -0.2) is 78.5 Å². The summed E-state index contributed by atoms with van der Waals surface area (Å²) in [5.74, 6) is 0.571. The van der Waals surface area contributed by atoms with Gasteiger partial charge in [-0.2, -0.15) is 4.98 Å². The quantitative estimate of drug-likeness (QED) is 0.599. The Kier molecular flexibility index (Phi) is 5.97. The molecule has 2 unspecified atom stereocenters. The molecule has 6 rings (SSSR count). The maximum Gasteiger partial charge on any atom is 0.251 e. The van der Waals surface area contributed by atoms with Crippen LogP contribution in [0.25, 0.3) is 22.3 Å². The lowest BCUT2D eigenvalue weighted by Crippen LogP contribution is -2.45. The van der Waals surface area contributed by atoms with Gasteiger partial charge in [0.05, 0.1) is 41.2 Å². The van der Waals surface area contributed by atoms with Gasteiger partial charge in [0.25, 0.3) is 5.91 Å². The number of pyridine rings is 1. The first-order valence-corrected chi connectivity index (χ1v) is 12.8. The molecule has 0 aliphatic carbocycles. The molecule has 3 aliphatic heterocycles. The number of aromatic nitrogens is 3. The molecule has 5 heterocycles. The number of ether oxygens (including phenoxy) is 2. The van der Waals surface area contributed by atoms with Gasteiger partial charge in [0.1, 0.15) is 0 Å². The van der Waals surface area contributed by atoms with E-state index in [9.17, 15) is 4.79 Å². The molecule has 9 heteroatoms. The number of carbonyl (C=O) groups excluding carboxylic acids is 1. The number of amides is 1. The molecule has 188 valence electrons. The lowest BCUT2D eigenvalue weighted by molar-refractivity contribution is -0.00513. The summed E-state index contributed by atoms with van der Waals surface area (Å²) in [4.78, 5) is 31.6. The van der Waals surface area contributed by atoms with E-state index in [0.29, 0.717) is 17.2 Å². The SMILES string of the molecule is CNC(=O)c1cccc(-c2cc(N3C[C@@H](C)O[C@@H](C)C3)c3cnc(N4CC5CCC(C4)O5)nc3n2)c1. The number of hydrogen-bond acceptors (Lipinski definition) is 8. The van der Waals surface area contributed by atoms with E-state index in [4.69, 9.17) is 24.4 Å². The molecule has 3 fully saturated rings. The molecule has 3 saturated heterocycles. The molecule has 1 N–H and O–H groups in total. The number of hydrogen-bond donors (Lipinski definition) is 1. The minimum absolute atomic E-state index is 0.112. The highest BCUT2D eigenvalue weighted by Crippen LogP contribution is 2.34. The summed E-state index contributed by atoms with van der Waals surface area (Å²) in [5.41, 5.74) is 3.94. The van der Waals surface area contributed by atoms with Crippen LogP contribution in [0.5, 0.6) is 0 Å². The fourth-order valence-electron chi connectivity index (χ4n) is 5.66. The van der Waals surface area contributed by atoms with Crippen LogP contribution in [0.1, 0.15) is 37.0 Å². The average molecular weight is 489 g/mol. The van der Waals surface area contributed by atoms with E-state index < -0.39 is 0 Å². The molecule has 1 aromatic carbocycles. The molecule has 0 radical (unpaired) electrons. The number of fused-ring (bicyclic) bond motifs is 3. The second kappa shape index (κ2) is 9.29. The summed E-state index contributed by atoms with van der Waals surface area (Å²) in [6, 6.07) is 9.65. The van der Waals surface area contributed by atoms with Crippen molar-refractivity contribution in [1.82, 2.24) is 20.3 Å². The van der Waals surface area contributed by atoms with Gasteiger partial charge in [-0.1, -0.05) is 12.1 Å². The third kappa shape index (κ3) is 4.37. The Morgan fingerprint density at radius 3 is 2.44 bits per heavy atom. The van der Waals surface area contributed by atoms with E-state index >= 15 is 0 Å². The molecule has 2 bridgehead atoms. The predicted molar refractivity (Wildman–Crippen MR) is 138 cm³/mol. The lowest BCUT2D eigenvalue weighted by atomic mass is 10.0. The lowest BCUT2D eigenvalue weighted by Gasteiger charge is -2.37. The maximum absolute atomic E-state index is 12.3. The number of morpholine rings is 2. The van der Waals surface area contributed by atoms with Crippen LogP contribution in [0.2, 0.25) is 0 Å². The van der Waals surface area contributed by atoms with Gasteiger partial charge in [0.2, 0.25) is 5.95 Å². The van der Waals surface area contributed by atoms with Gasteiger partial charge >= 0.3 is 0 Å². The molecule has 0 spiro atoms. The van der Waals surface area contributed by atoms with Crippen molar-refractivity contribution in [1.29, 1.82) is 0 Å². The zero-order valence-corrected chi connectivity index (χ0v) is 21.0. The molecule has 3 aromatic rings. The van der Waals surface area contributed by atoms with Crippen molar-refractivity contribution in [2.24, 2.45) is 0 Å². The third-order valence-corrected chi connectivity index (χ3v) is 7.27. The second-order valence-electron chi connectivity index (χ2n) is 10.1. The normalized spacial score (nSPS) is 25.9. The number of anilines is 2. The summed E-state index contributed by atoms with van der Waals surface area (Å²) < 4.78 is 12.0. The Morgan fingerprint density at radius 1 is 0.972 bits per heavy atom. The highest BCUT2D eigenvalue weighted by atomic mass is 16.5. The Morgan fingerprint density at radius 2 is 1.72 bits per heavy atom. The monoisotopic (exact) mass is 488 g/mol. The Hall–Kier alpha value is -3.30. The molecule has 9 nitrogen and oxygen atoms in total. The van der Waals surface area contributed by atoms with Gasteiger partial charge in [-0.25, -0.2) is 9.97 Å². The van der Waals surface area contributed by atoms with E-state index in [0.717, 1.165) is 61.4 Å². The number of nitrogens with one attached hydrogen (secondary N) is 1. The van der Waals surface area contributed by atoms with Crippen molar-refractivity contribution in [2.45, 2.75) is 51.1 Å². The smallest absolute Gasteiger partial charge is 0.251 e. The molecule has 3 aliphatic rings. The number of carbonyl (C=O) groups is 1. The molecule has 36 heavy (non-hydrogen) atoms. The van der Waals surface area contributed by atoms with Crippen molar-refractivity contribution >= 4 is 28.6 Å². The van der Waals surface area contributed by atoms with Crippen LogP contribution in [0.15, 0.2) is 36.5 Å². The Bertz CT molecular complexity index is 1280. The van der Waals surface area contributed by atoms with Gasteiger partial charge < -0.3 is 24.6 Å². The molecular formula is C27H32N6O3. The number of benzene rings is 1. The summed E-state index contributed by atoms with van der Waals surface area (Å²) in [6.45, 7) is 7.36. The number of nitrogens with zero attached hydrogens (tertiary/aromatic N) is 5. The summed E-state index contributed by atoms with van der Waals surface area (Å²) in [5, 5.41) is 3.62. The molecular weight excluding hydrogens is 456 g/mol. The fourth-order valence-corrected chi connectivity index (χ4v) is 5.66. The Balaban J connectivity index is 1.46. The van der Waals surface area contributed by atoms with Crippen molar-refractivity contribution in [3.63, 3.8) is 0 Å². The largest absolute Gasteiger partial charge is 0.372 e. The van der Waals surface area contributed by atoms with Gasteiger partial charge in [-0.3, -0.25) is 4.79 Å². The standard InChI is InChI=1S/C27H32N6O3/c1-16-12-32(13-17(2)35-16)24-10-23(18-5-4-6-19(9-18)26(34)28-3)30-25-22(24)11-29-27(31-25)33-14-20-7-8-21(15-33)36-20/h4-6,9-11,16-17,20-21H,7-8,12-15H2,1-3H3,(H,28,34)/t16-,17+,20?,21?. The first-order valence-electron chi connectivity index (χ1n) is 12.8. The minimum Gasteiger partial charge on any atom is -0.372 e. The van der Waals surface area contributed by atoms with Crippen LogP contribution < -0.4 is 15.1 Å². The molecule has 2 aromatic heterocycles. The van der Waals surface area contributed by atoms with E-state index in [1.807, 2.05) is 30.5 Å². The van der Waals surface area contributed by atoms with Crippen LogP contribution in [-0.2, 0) is 9.47 Å². The number of rotatable bonds is 4. The van der Waals surface area contributed by atoms with Crippen LogP contribution in [0.4, 0.5) is 11.6 Å². The van der Waals surface area contributed by atoms with E-state index in [1.165, 1.54) is 0 Å². The highest BCUT2D eigenvalue weighted by molar-refractivity contribution is 5.96. The van der Waals surface area contributed by atoms with Crippen LogP contribution >= 0.6 is 0 Å². The summed E-state index contributed by atoms with van der Waals surface area (Å²) in [7, 11) is 1.64. The average Bonchev–Trinajstić information content (AvgIpc) is 3.23. The van der Waals surface area contributed by atoms with Crippen LogP contribution in [0.3, 0.4) is 0 Å². The predicted octanol–water partition coefficient (Wildman–Crippen LogP) is 3.03. The topological polar surface area (TPSA) is 92.7 Å². The maximum atomic E-state index is 12.3. The zero-order chi connectivity index (χ0) is 24.8. The fraction of sp³-hybridized carbons (Fsp3) is 0.481. The van der Waals surface area contributed by atoms with Crippen LogP contribution in [0, 0.1) is 0 Å². The summed E-state index contributed by atoms with van der Waals surface area (Å²) >= 11 is 0. The zero-order valence-electron chi connectivity index (χ0n) is 21.0. The van der Waals surface area contributed by atoms with E-state index in [-0.39, 0.29) is 30.3 Å². The van der Waals surface area contributed by atoms with Crippen molar-refractivity contribution in [3.05, 3.63) is 42.1 Å². The van der Waals surface area contributed by atoms with E-state index in [2.05, 4.69) is 35.0 Å². The van der Waals surface area contributed by atoms with Crippen molar-refractivity contribution in [2.75, 3.05) is 43.0 Å². The second-order valence-corrected chi connectivity index (χ2v) is 10.1. The molecule has 4 atom stereocenters.